The Hall–Kier alpha value is 3.67. The Bertz CT molecular complexity index is 345. The van der Waals surface area contributed by atoms with Crippen LogP contribution in [0.25, 0.3) is 0 Å². The van der Waals surface area contributed by atoms with E-state index in [-0.39, 0.29) is 118 Å². The SMILES string of the molecule is [K+].[K+].[O-][P+]([O-])([O-])c1ccc(Cl)c(Cl)c1Cl. The van der Waals surface area contributed by atoms with Gasteiger partial charge in [-0.3, -0.25) is 0 Å². The first-order valence-electron chi connectivity index (χ1n) is 3.00. The van der Waals surface area contributed by atoms with E-state index in [4.69, 9.17) is 34.8 Å². The Morgan fingerprint density at radius 3 is 1.73 bits per heavy atom. The predicted molar refractivity (Wildman–Crippen MR) is 48.0 cm³/mol. The van der Waals surface area contributed by atoms with Crippen LogP contribution in [0.15, 0.2) is 12.1 Å². The van der Waals surface area contributed by atoms with E-state index in [1.165, 1.54) is 6.07 Å². The zero-order valence-corrected chi connectivity index (χ0v) is 17.4. The normalized spacial score (nSPS) is 10.3. The fourth-order valence-corrected chi connectivity index (χ4v) is 2.25. The van der Waals surface area contributed by atoms with E-state index in [1.807, 2.05) is 0 Å². The Morgan fingerprint density at radius 1 is 0.867 bits per heavy atom. The summed E-state index contributed by atoms with van der Waals surface area (Å²) in [5.74, 6) is 0. The van der Waals surface area contributed by atoms with E-state index >= 15 is 0 Å². The van der Waals surface area contributed by atoms with Gasteiger partial charge in [0.1, 0.15) is 5.02 Å². The van der Waals surface area contributed by atoms with Crippen molar-refractivity contribution in [3.63, 3.8) is 0 Å². The second kappa shape index (κ2) is 8.77. The van der Waals surface area contributed by atoms with E-state index in [1.54, 1.807) is 0 Å². The third kappa shape index (κ3) is 6.10. The number of hydrogen-bond acceptors (Lipinski definition) is 3. The van der Waals surface area contributed by atoms with E-state index in [0.717, 1.165) is 6.07 Å². The summed E-state index contributed by atoms with van der Waals surface area (Å²) in [5.41, 5.74) is 0. The van der Waals surface area contributed by atoms with Gasteiger partial charge in [0, 0.05) is 0 Å². The monoisotopic (exact) mass is 336 g/mol. The van der Waals surface area contributed by atoms with Crippen LogP contribution in [0.5, 0.6) is 0 Å². The van der Waals surface area contributed by atoms with Crippen molar-refractivity contribution in [3.05, 3.63) is 27.2 Å². The zero-order valence-electron chi connectivity index (χ0n) is 7.96. The molecule has 0 N–H and O–H groups in total. The number of benzene rings is 1. The van der Waals surface area contributed by atoms with Crippen molar-refractivity contribution in [1.82, 2.24) is 0 Å². The van der Waals surface area contributed by atoms with Crippen molar-refractivity contribution < 1.29 is 117 Å². The molecule has 0 saturated carbocycles. The molecule has 0 radical (unpaired) electrons. The molecular weight excluding hydrogens is 336 g/mol. The smallest absolute Gasteiger partial charge is 0.683 e. The van der Waals surface area contributed by atoms with Gasteiger partial charge >= 0.3 is 103 Å². The molecule has 72 valence electrons. The van der Waals surface area contributed by atoms with Gasteiger partial charge in [0.15, 0.2) is 0 Å². The van der Waals surface area contributed by atoms with Crippen molar-refractivity contribution in [2.45, 2.75) is 0 Å². The number of halogens is 3. The Kier molecular flexibility index (Phi) is 12.3. The van der Waals surface area contributed by atoms with Crippen molar-refractivity contribution in [2.24, 2.45) is 0 Å². The van der Waals surface area contributed by atoms with Crippen LogP contribution in [0.2, 0.25) is 15.1 Å². The van der Waals surface area contributed by atoms with Crippen LogP contribution in [0.1, 0.15) is 0 Å². The second-order valence-electron chi connectivity index (χ2n) is 2.19. The average molecular weight is 338 g/mol. The summed E-state index contributed by atoms with van der Waals surface area (Å²) in [6.07, 6.45) is 0. The minimum absolute atomic E-state index is 0. The van der Waals surface area contributed by atoms with Crippen LogP contribution < -0.4 is 123 Å². The van der Waals surface area contributed by atoms with Gasteiger partial charge in [-0.15, -0.1) is 7.94 Å². The Balaban J connectivity index is 0. The van der Waals surface area contributed by atoms with Crippen LogP contribution in [0, 0.1) is 0 Å². The molecule has 0 aliphatic carbocycles. The molecule has 1 aromatic carbocycles. The molecule has 0 atom stereocenters. The fraction of sp³-hybridized carbons (Fsp3) is 0. The first-order chi connectivity index (χ1) is 5.84. The molecule has 0 bridgehead atoms. The third-order valence-electron chi connectivity index (χ3n) is 1.31. The molecule has 9 heteroatoms. The molecule has 1 rings (SSSR count). The summed E-state index contributed by atoms with van der Waals surface area (Å²) < 4.78 is 0. The van der Waals surface area contributed by atoms with Gasteiger partial charge in [-0.05, 0) is 12.1 Å². The molecule has 0 spiro atoms. The molecule has 3 nitrogen and oxygen atoms in total. The Labute approximate surface area is 188 Å². The van der Waals surface area contributed by atoms with Gasteiger partial charge in [0.05, 0.1) is 15.3 Å². The largest absolute Gasteiger partial charge is 1.00 e. The molecule has 0 heterocycles. The third-order valence-corrected chi connectivity index (χ3v) is 3.70. The fourth-order valence-electron chi connectivity index (χ4n) is 0.727. The predicted octanol–water partition coefficient (Wildman–Crippen LogP) is -5.88. The van der Waals surface area contributed by atoms with E-state index < -0.39 is 13.2 Å². The molecule has 15 heavy (non-hydrogen) atoms. The van der Waals surface area contributed by atoms with E-state index in [0.29, 0.717) is 0 Å². The van der Waals surface area contributed by atoms with Crippen molar-refractivity contribution in [3.8, 4) is 0 Å². The standard InChI is InChI=1S/C6H4Cl3O3P.2K/c7-3-1-2-4(13(10,11)12)6(9)5(3)8;;/h1-2H,(H2,10,11,12);;/q;2*+1/p-2. The zero-order chi connectivity index (χ0) is 10.2. The molecular formula is C6H2Cl3K2O3P. The summed E-state index contributed by atoms with van der Waals surface area (Å²) in [6, 6.07) is 2.23. The first-order valence-corrected chi connectivity index (χ1v) is 5.68. The van der Waals surface area contributed by atoms with Crippen LogP contribution in [0.3, 0.4) is 0 Å². The summed E-state index contributed by atoms with van der Waals surface area (Å²) in [4.78, 5) is 31.8. The van der Waals surface area contributed by atoms with Gasteiger partial charge in [-0.25, -0.2) is 0 Å². The molecule has 0 aromatic heterocycles. The minimum Gasteiger partial charge on any atom is -0.683 e. The van der Waals surface area contributed by atoms with Gasteiger partial charge in [0.2, 0.25) is 0 Å². The maximum absolute atomic E-state index is 10.6. The molecule has 1 aromatic rings. The van der Waals surface area contributed by atoms with Crippen LogP contribution in [0.4, 0.5) is 0 Å². The van der Waals surface area contributed by atoms with E-state index in [9.17, 15) is 14.7 Å². The quantitative estimate of drug-likeness (QED) is 0.291. The topological polar surface area (TPSA) is 69.2 Å². The molecule has 0 amide bonds. The number of hydrogen-bond donors (Lipinski definition) is 0. The summed E-state index contributed by atoms with van der Waals surface area (Å²) in [7, 11) is -4.88. The molecule has 0 saturated heterocycles. The maximum Gasteiger partial charge on any atom is 1.00 e. The van der Waals surface area contributed by atoms with Gasteiger partial charge in [-0.2, -0.15) is 0 Å². The second-order valence-corrected chi connectivity index (χ2v) is 4.83. The van der Waals surface area contributed by atoms with Crippen LogP contribution in [-0.2, 0) is 0 Å². The van der Waals surface area contributed by atoms with Crippen LogP contribution in [-0.4, -0.2) is 0 Å². The van der Waals surface area contributed by atoms with Crippen molar-refractivity contribution in [1.29, 1.82) is 0 Å². The minimum atomic E-state index is -4.88. The van der Waals surface area contributed by atoms with Crippen molar-refractivity contribution in [2.75, 3.05) is 0 Å². The molecule has 0 unspecified atom stereocenters. The van der Waals surface area contributed by atoms with Crippen LogP contribution >= 0.6 is 42.7 Å². The van der Waals surface area contributed by atoms with Gasteiger partial charge in [-0.1, -0.05) is 34.8 Å². The average Bonchev–Trinajstić information content (AvgIpc) is 1.98. The van der Waals surface area contributed by atoms with E-state index in [2.05, 4.69) is 0 Å². The first kappa shape index (κ1) is 21.0. The molecule has 0 aliphatic heterocycles. The molecule has 0 fully saturated rings. The van der Waals surface area contributed by atoms with Crippen molar-refractivity contribution >= 4 is 48.1 Å². The Morgan fingerprint density at radius 2 is 1.33 bits per heavy atom. The maximum atomic E-state index is 10.6. The van der Waals surface area contributed by atoms with Gasteiger partial charge < -0.3 is 14.7 Å². The summed E-state index contributed by atoms with van der Waals surface area (Å²) in [5, 5.41) is -0.900. The summed E-state index contributed by atoms with van der Waals surface area (Å²) >= 11 is 16.5. The van der Waals surface area contributed by atoms with Gasteiger partial charge in [0.25, 0.3) is 0 Å². The summed E-state index contributed by atoms with van der Waals surface area (Å²) in [6.45, 7) is 0. The number of rotatable bonds is 1. The molecule has 0 aliphatic rings.